The lowest BCUT2D eigenvalue weighted by atomic mass is 9.66. The second kappa shape index (κ2) is 3.04. The highest BCUT2D eigenvalue weighted by Gasteiger charge is 2.48. The van der Waals surface area contributed by atoms with Gasteiger partial charge in [0.15, 0.2) is 0 Å². The Morgan fingerprint density at radius 1 is 1.57 bits per heavy atom. The van der Waals surface area contributed by atoms with Gasteiger partial charge in [0.05, 0.1) is 5.69 Å². The van der Waals surface area contributed by atoms with E-state index in [9.17, 15) is 9.18 Å². The lowest BCUT2D eigenvalue weighted by Crippen LogP contribution is -2.43. The van der Waals surface area contributed by atoms with Gasteiger partial charge in [0, 0.05) is 6.20 Å². The molecule has 3 nitrogen and oxygen atoms in total. The molecule has 0 aliphatic heterocycles. The first-order valence-electron chi connectivity index (χ1n) is 4.51. The molecule has 1 N–H and O–H groups in total. The van der Waals surface area contributed by atoms with Crippen LogP contribution in [0.15, 0.2) is 18.3 Å². The van der Waals surface area contributed by atoms with Crippen molar-refractivity contribution in [2.24, 2.45) is 0 Å². The first-order valence-corrected chi connectivity index (χ1v) is 4.51. The molecule has 14 heavy (non-hydrogen) atoms. The predicted octanol–water partition coefficient (Wildman–Crippen LogP) is 1.73. The van der Waals surface area contributed by atoms with E-state index in [2.05, 4.69) is 4.98 Å². The van der Waals surface area contributed by atoms with Crippen LogP contribution in [0.1, 0.15) is 25.0 Å². The summed E-state index contributed by atoms with van der Waals surface area (Å²) < 4.78 is 13.3. The fourth-order valence-electron chi connectivity index (χ4n) is 1.82. The second-order valence-corrected chi connectivity index (χ2v) is 3.57. The van der Waals surface area contributed by atoms with E-state index in [0.717, 1.165) is 6.42 Å². The highest BCUT2D eigenvalue weighted by atomic mass is 19.1. The van der Waals surface area contributed by atoms with Crippen LogP contribution in [0, 0.1) is 5.82 Å². The third kappa shape index (κ3) is 1.10. The molecule has 1 saturated carbocycles. The Balaban J connectivity index is 2.47. The van der Waals surface area contributed by atoms with Gasteiger partial charge < -0.3 is 5.11 Å². The van der Waals surface area contributed by atoms with Gasteiger partial charge in [-0.25, -0.2) is 4.39 Å². The molecular weight excluding hydrogens is 185 g/mol. The smallest absolute Gasteiger partial charge is 0.315 e. The van der Waals surface area contributed by atoms with Crippen molar-refractivity contribution in [3.8, 4) is 0 Å². The Morgan fingerprint density at radius 2 is 2.29 bits per heavy atom. The molecule has 0 saturated heterocycles. The van der Waals surface area contributed by atoms with E-state index in [0.29, 0.717) is 12.8 Å². The summed E-state index contributed by atoms with van der Waals surface area (Å²) in [5, 5.41) is 9.05. The number of halogens is 1. The summed E-state index contributed by atoms with van der Waals surface area (Å²) in [5.41, 5.74) is -0.982. The average Bonchev–Trinajstić information content (AvgIpc) is 2.05. The van der Waals surface area contributed by atoms with E-state index in [1.807, 2.05) is 0 Å². The molecule has 1 heterocycles. The van der Waals surface area contributed by atoms with Crippen molar-refractivity contribution in [2.75, 3.05) is 0 Å². The van der Waals surface area contributed by atoms with E-state index in [1.54, 1.807) is 0 Å². The zero-order valence-corrected chi connectivity index (χ0v) is 7.53. The van der Waals surface area contributed by atoms with Crippen molar-refractivity contribution in [3.05, 3.63) is 29.8 Å². The number of nitrogens with zero attached hydrogens (tertiary/aromatic N) is 1. The lowest BCUT2D eigenvalue weighted by Gasteiger charge is -2.36. The molecule has 1 fully saturated rings. The monoisotopic (exact) mass is 195 g/mol. The fourth-order valence-corrected chi connectivity index (χ4v) is 1.82. The summed E-state index contributed by atoms with van der Waals surface area (Å²) >= 11 is 0. The topological polar surface area (TPSA) is 50.2 Å². The quantitative estimate of drug-likeness (QED) is 0.781. The summed E-state index contributed by atoms with van der Waals surface area (Å²) in [6.45, 7) is 0. The van der Waals surface area contributed by atoms with E-state index in [-0.39, 0.29) is 5.69 Å². The molecule has 4 heteroatoms. The molecule has 0 unspecified atom stereocenters. The zero-order chi connectivity index (χ0) is 10.2. The predicted molar refractivity (Wildman–Crippen MR) is 47.4 cm³/mol. The number of aliphatic carboxylic acids is 1. The number of carboxylic acid groups (broad SMARTS) is 1. The van der Waals surface area contributed by atoms with Gasteiger partial charge in [-0.15, -0.1) is 0 Å². The molecule has 0 spiro atoms. The van der Waals surface area contributed by atoms with Crippen LogP contribution in [0.25, 0.3) is 0 Å². The van der Waals surface area contributed by atoms with Gasteiger partial charge >= 0.3 is 5.97 Å². The van der Waals surface area contributed by atoms with Crippen LogP contribution < -0.4 is 0 Å². The van der Waals surface area contributed by atoms with Crippen LogP contribution >= 0.6 is 0 Å². The van der Waals surface area contributed by atoms with Crippen LogP contribution in [-0.2, 0) is 10.2 Å². The third-order valence-corrected chi connectivity index (χ3v) is 2.83. The maximum atomic E-state index is 13.3. The van der Waals surface area contributed by atoms with Gasteiger partial charge in [-0.05, 0) is 25.0 Å². The number of aromatic nitrogens is 1. The Labute approximate surface area is 80.6 Å². The largest absolute Gasteiger partial charge is 0.481 e. The van der Waals surface area contributed by atoms with Crippen molar-refractivity contribution < 1.29 is 14.3 Å². The maximum Gasteiger partial charge on any atom is 0.315 e. The Hall–Kier alpha value is -1.45. The minimum absolute atomic E-state index is 0.0822. The number of rotatable bonds is 2. The Kier molecular flexibility index (Phi) is 1.98. The molecule has 0 aromatic carbocycles. The van der Waals surface area contributed by atoms with Gasteiger partial charge in [0.25, 0.3) is 0 Å². The number of hydrogen-bond acceptors (Lipinski definition) is 2. The van der Waals surface area contributed by atoms with Crippen molar-refractivity contribution in [3.63, 3.8) is 0 Å². The number of pyridine rings is 1. The average molecular weight is 195 g/mol. The van der Waals surface area contributed by atoms with Gasteiger partial charge in [-0.2, -0.15) is 0 Å². The number of hydrogen-bond donors (Lipinski definition) is 1. The highest BCUT2D eigenvalue weighted by molar-refractivity contribution is 5.81. The molecule has 74 valence electrons. The standard InChI is InChI=1S/C10H10FNO2/c11-7-3-1-6-12-8(7)10(9(13)14)4-2-5-10/h1,3,6H,2,4-5H2,(H,13,14). The van der Waals surface area contributed by atoms with Crippen LogP contribution in [-0.4, -0.2) is 16.1 Å². The van der Waals surface area contributed by atoms with Crippen LogP contribution in [0.4, 0.5) is 4.39 Å². The molecule has 1 aliphatic rings. The summed E-state index contributed by atoms with van der Waals surface area (Å²) in [7, 11) is 0. The van der Waals surface area contributed by atoms with Crippen LogP contribution in [0.5, 0.6) is 0 Å². The molecule has 0 amide bonds. The van der Waals surface area contributed by atoms with Gasteiger partial charge in [0.1, 0.15) is 11.2 Å². The van der Waals surface area contributed by atoms with Crippen molar-refractivity contribution >= 4 is 5.97 Å². The molecule has 0 bridgehead atoms. The van der Waals surface area contributed by atoms with Gasteiger partial charge in [-0.3, -0.25) is 9.78 Å². The minimum atomic E-state index is -1.06. The Bertz CT molecular complexity index is 374. The summed E-state index contributed by atoms with van der Waals surface area (Å²) in [5.74, 6) is -1.49. The van der Waals surface area contributed by atoms with E-state index in [4.69, 9.17) is 5.11 Å². The van der Waals surface area contributed by atoms with Crippen molar-refractivity contribution in [1.82, 2.24) is 4.98 Å². The van der Waals surface area contributed by atoms with E-state index in [1.165, 1.54) is 18.3 Å². The van der Waals surface area contributed by atoms with Crippen molar-refractivity contribution in [2.45, 2.75) is 24.7 Å². The number of carboxylic acids is 1. The SMILES string of the molecule is O=C(O)C1(c2ncccc2F)CCC1. The molecule has 1 aromatic heterocycles. The molecular formula is C10H10FNO2. The molecule has 0 radical (unpaired) electrons. The molecule has 0 atom stereocenters. The fraction of sp³-hybridized carbons (Fsp3) is 0.400. The second-order valence-electron chi connectivity index (χ2n) is 3.57. The van der Waals surface area contributed by atoms with Crippen LogP contribution in [0.2, 0.25) is 0 Å². The zero-order valence-electron chi connectivity index (χ0n) is 7.53. The highest BCUT2D eigenvalue weighted by Crippen LogP contribution is 2.43. The molecule has 1 aliphatic carbocycles. The maximum absolute atomic E-state index is 13.3. The van der Waals surface area contributed by atoms with Gasteiger partial charge in [-0.1, -0.05) is 6.42 Å². The third-order valence-electron chi connectivity index (χ3n) is 2.83. The lowest BCUT2D eigenvalue weighted by molar-refractivity contribution is -0.147. The summed E-state index contributed by atoms with van der Waals surface area (Å²) in [6, 6.07) is 2.72. The van der Waals surface area contributed by atoms with Crippen molar-refractivity contribution in [1.29, 1.82) is 0 Å². The van der Waals surface area contributed by atoms with E-state index >= 15 is 0 Å². The summed E-state index contributed by atoms with van der Waals surface area (Å²) in [6.07, 6.45) is 3.22. The normalized spacial score (nSPS) is 18.6. The van der Waals surface area contributed by atoms with E-state index < -0.39 is 17.2 Å². The Morgan fingerprint density at radius 3 is 2.71 bits per heavy atom. The van der Waals surface area contributed by atoms with Gasteiger partial charge in [0.2, 0.25) is 0 Å². The minimum Gasteiger partial charge on any atom is -0.481 e. The summed E-state index contributed by atoms with van der Waals surface area (Å²) in [4.78, 5) is 14.9. The number of carbonyl (C=O) groups is 1. The first kappa shape index (κ1) is 9.12. The molecule has 1 aromatic rings. The van der Waals surface area contributed by atoms with Crippen LogP contribution in [0.3, 0.4) is 0 Å². The first-order chi connectivity index (χ1) is 6.67. The molecule has 2 rings (SSSR count).